The van der Waals surface area contributed by atoms with Crippen molar-refractivity contribution < 1.29 is 43.1 Å². The fraction of sp³-hybridized carbons (Fsp3) is 0.762. The zero-order valence-electron chi connectivity index (χ0n) is 30.5. The fourth-order valence-corrected chi connectivity index (χ4v) is 6.58. The minimum absolute atomic E-state index is 0. The van der Waals surface area contributed by atoms with Crippen LogP contribution in [0.4, 0.5) is 0 Å². The van der Waals surface area contributed by atoms with Gasteiger partial charge in [0, 0.05) is 37.1 Å². The Morgan fingerprint density at radius 3 is 0.717 bits per heavy atom. The van der Waals surface area contributed by atoms with Gasteiger partial charge in [-0.1, -0.05) is 168 Å². The van der Waals surface area contributed by atoms with Crippen molar-refractivity contribution in [3.05, 3.63) is 49.1 Å². The smallest absolute Gasteiger partial charge is 0.169 e. The third-order valence-corrected chi connectivity index (χ3v) is 9.66. The van der Waals surface area contributed by atoms with Gasteiger partial charge < -0.3 is 34.0 Å². The molecule has 0 saturated heterocycles. The maximum atomic E-state index is 2.36. The molecule has 0 spiro atoms. The molecule has 0 fully saturated rings. The predicted molar refractivity (Wildman–Crippen MR) is 193 cm³/mol. The Bertz CT molecular complexity index is 795. The first-order chi connectivity index (χ1) is 21.8. The average Bonchev–Trinajstić information content (AvgIpc) is 3.05. The normalized spacial score (nSPS) is 10.9. The van der Waals surface area contributed by atoms with Crippen molar-refractivity contribution in [1.29, 1.82) is 0 Å². The SMILES string of the molecule is CCCCCCCCCCCCCCCC[n+]1ccc(-c2cc[n+](CCCCCCCCCCCCCCCC)cc2)cc1.[Br-].[Br-]. The lowest BCUT2D eigenvalue weighted by Gasteiger charge is -2.04. The lowest BCUT2D eigenvalue weighted by atomic mass is 10.0. The number of hydrogen-bond donors (Lipinski definition) is 0. The molecule has 0 unspecified atom stereocenters. The van der Waals surface area contributed by atoms with Crippen LogP contribution < -0.4 is 43.1 Å². The molecule has 46 heavy (non-hydrogen) atoms. The van der Waals surface area contributed by atoms with Crippen LogP contribution in [0.15, 0.2) is 49.1 Å². The zero-order chi connectivity index (χ0) is 31.2. The molecule has 0 aliphatic heterocycles. The van der Waals surface area contributed by atoms with Crippen molar-refractivity contribution in [2.24, 2.45) is 0 Å². The van der Waals surface area contributed by atoms with Gasteiger partial charge in [0.25, 0.3) is 0 Å². The van der Waals surface area contributed by atoms with Crippen LogP contribution in [-0.2, 0) is 13.1 Å². The molecule has 0 aliphatic carbocycles. The molecule has 0 atom stereocenters. The Labute approximate surface area is 308 Å². The van der Waals surface area contributed by atoms with E-state index in [0.717, 1.165) is 13.1 Å². The van der Waals surface area contributed by atoms with E-state index in [-0.39, 0.29) is 34.0 Å². The van der Waals surface area contributed by atoms with E-state index in [1.165, 1.54) is 191 Å². The van der Waals surface area contributed by atoms with Crippen LogP contribution in [0, 0.1) is 0 Å². The van der Waals surface area contributed by atoms with Gasteiger partial charge in [-0.25, -0.2) is 9.13 Å². The molecule has 4 heteroatoms. The Kier molecular flexibility index (Phi) is 33.6. The van der Waals surface area contributed by atoms with Gasteiger partial charge in [-0.3, -0.25) is 0 Å². The molecular formula is C42H74Br2N2. The lowest BCUT2D eigenvalue weighted by Crippen LogP contribution is -3.00. The third kappa shape index (κ3) is 25.3. The number of unbranched alkanes of at least 4 members (excludes halogenated alkanes) is 26. The highest BCUT2D eigenvalue weighted by molar-refractivity contribution is 5.60. The largest absolute Gasteiger partial charge is 1.00 e. The second-order valence-electron chi connectivity index (χ2n) is 13.8. The molecule has 0 amide bonds. The van der Waals surface area contributed by atoms with Crippen LogP contribution in [0.5, 0.6) is 0 Å². The van der Waals surface area contributed by atoms with Crippen molar-refractivity contribution in [1.82, 2.24) is 0 Å². The second kappa shape index (κ2) is 34.1. The Hall–Kier alpha value is -0.740. The number of pyridine rings is 2. The molecule has 0 N–H and O–H groups in total. The first kappa shape index (κ1) is 45.3. The van der Waals surface area contributed by atoms with Crippen molar-refractivity contribution in [2.75, 3.05) is 0 Å². The third-order valence-electron chi connectivity index (χ3n) is 9.66. The van der Waals surface area contributed by atoms with E-state index in [4.69, 9.17) is 0 Å². The summed E-state index contributed by atoms with van der Waals surface area (Å²) in [5.41, 5.74) is 2.65. The monoisotopic (exact) mass is 764 g/mol. The highest BCUT2D eigenvalue weighted by Gasteiger charge is 2.06. The molecule has 2 aromatic heterocycles. The van der Waals surface area contributed by atoms with Crippen molar-refractivity contribution in [3.63, 3.8) is 0 Å². The van der Waals surface area contributed by atoms with Gasteiger partial charge in [-0.05, 0) is 24.0 Å². The molecule has 266 valence electrons. The molecule has 0 aliphatic rings. The predicted octanol–water partition coefficient (Wildman–Crippen LogP) is 6.90. The summed E-state index contributed by atoms with van der Waals surface area (Å²) >= 11 is 0. The Morgan fingerprint density at radius 1 is 0.304 bits per heavy atom. The van der Waals surface area contributed by atoms with E-state index in [1.54, 1.807) is 0 Å². The van der Waals surface area contributed by atoms with Gasteiger partial charge >= 0.3 is 0 Å². The summed E-state index contributed by atoms with van der Waals surface area (Å²) in [5, 5.41) is 0. The highest BCUT2D eigenvalue weighted by Crippen LogP contribution is 2.17. The number of hydrogen-bond acceptors (Lipinski definition) is 0. The standard InChI is InChI=1S/C42H74N2.2BrH/c1-3-5-7-9-11-13-15-17-19-21-23-25-27-29-35-43-37-31-41(32-38-43)42-33-39-44(40-34-42)36-30-28-26-24-22-20-18-16-14-12-10-8-6-4-2;;/h31-34,37-40H,3-30,35-36H2,1-2H3;2*1H/q+2;;/p-2. The molecule has 2 rings (SSSR count). The van der Waals surface area contributed by atoms with Crippen molar-refractivity contribution >= 4 is 0 Å². The van der Waals surface area contributed by atoms with Gasteiger partial charge in [0.15, 0.2) is 24.8 Å². The Balaban J connectivity index is 0.0000101. The van der Waals surface area contributed by atoms with Gasteiger partial charge in [0.05, 0.1) is 0 Å². The van der Waals surface area contributed by atoms with E-state index < -0.39 is 0 Å². The molecule has 2 aromatic rings. The van der Waals surface area contributed by atoms with E-state index in [1.807, 2.05) is 0 Å². The summed E-state index contributed by atoms with van der Waals surface area (Å²) < 4.78 is 4.73. The first-order valence-electron chi connectivity index (χ1n) is 19.8. The summed E-state index contributed by atoms with van der Waals surface area (Å²) in [5.74, 6) is 0. The minimum Gasteiger partial charge on any atom is -1.00 e. The fourth-order valence-electron chi connectivity index (χ4n) is 6.58. The Morgan fingerprint density at radius 2 is 0.500 bits per heavy atom. The number of aryl methyl sites for hydroxylation is 2. The van der Waals surface area contributed by atoms with Crippen LogP contribution >= 0.6 is 0 Å². The van der Waals surface area contributed by atoms with Gasteiger partial charge in [0.2, 0.25) is 0 Å². The molecule has 2 heterocycles. The molecule has 2 nitrogen and oxygen atoms in total. The molecule has 0 saturated carbocycles. The first-order valence-corrected chi connectivity index (χ1v) is 19.8. The quantitative estimate of drug-likeness (QED) is 0.0584. The van der Waals surface area contributed by atoms with Gasteiger partial charge in [-0.15, -0.1) is 0 Å². The summed E-state index contributed by atoms with van der Waals surface area (Å²) in [6.45, 7) is 6.89. The minimum atomic E-state index is 0. The number of nitrogens with zero attached hydrogens (tertiary/aromatic N) is 2. The van der Waals surface area contributed by atoms with Gasteiger partial charge in [0.1, 0.15) is 13.1 Å². The van der Waals surface area contributed by atoms with Crippen LogP contribution in [0.3, 0.4) is 0 Å². The van der Waals surface area contributed by atoms with E-state index in [9.17, 15) is 0 Å². The molecular weight excluding hydrogens is 692 g/mol. The van der Waals surface area contributed by atoms with Crippen molar-refractivity contribution in [2.45, 2.75) is 207 Å². The van der Waals surface area contributed by atoms with E-state index in [0.29, 0.717) is 0 Å². The maximum absolute atomic E-state index is 2.36. The van der Waals surface area contributed by atoms with Crippen LogP contribution in [-0.4, -0.2) is 0 Å². The summed E-state index contributed by atoms with van der Waals surface area (Å²) in [4.78, 5) is 0. The maximum Gasteiger partial charge on any atom is 0.169 e. The van der Waals surface area contributed by atoms with Crippen molar-refractivity contribution in [3.8, 4) is 11.1 Å². The van der Waals surface area contributed by atoms with E-state index >= 15 is 0 Å². The molecule has 0 aromatic carbocycles. The molecule has 0 bridgehead atoms. The number of rotatable bonds is 31. The summed E-state index contributed by atoms with van der Waals surface area (Å²) in [6.07, 6.45) is 48.9. The number of halogens is 2. The topological polar surface area (TPSA) is 7.76 Å². The van der Waals surface area contributed by atoms with Crippen LogP contribution in [0.2, 0.25) is 0 Å². The average molecular weight is 767 g/mol. The van der Waals surface area contributed by atoms with Crippen LogP contribution in [0.25, 0.3) is 11.1 Å². The van der Waals surface area contributed by atoms with Crippen LogP contribution in [0.1, 0.15) is 194 Å². The summed E-state index contributed by atoms with van der Waals surface area (Å²) in [6, 6.07) is 9.16. The highest BCUT2D eigenvalue weighted by atomic mass is 79.9. The summed E-state index contributed by atoms with van der Waals surface area (Å²) in [7, 11) is 0. The second-order valence-corrected chi connectivity index (χ2v) is 13.8. The molecule has 0 radical (unpaired) electrons. The zero-order valence-corrected chi connectivity index (χ0v) is 33.7. The number of aromatic nitrogens is 2. The lowest BCUT2D eigenvalue weighted by molar-refractivity contribution is -0.697. The van der Waals surface area contributed by atoms with Gasteiger partial charge in [-0.2, -0.15) is 0 Å². The van der Waals surface area contributed by atoms with E-state index in [2.05, 4.69) is 72.0 Å².